The van der Waals surface area contributed by atoms with Gasteiger partial charge in [0.1, 0.15) is 0 Å². The summed E-state index contributed by atoms with van der Waals surface area (Å²) in [4.78, 5) is 12.4. The lowest BCUT2D eigenvalue weighted by Crippen LogP contribution is -2.21. The Morgan fingerprint density at radius 1 is 0.750 bits per heavy atom. The number of hydrogen-bond donors (Lipinski definition) is 2. The van der Waals surface area contributed by atoms with Crippen LogP contribution in [-0.2, 0) is 20.2 Å². The lowest BCUT2D eigenvalue weighted by Gasteiger charge is -2.14. The lowest BCUT2D eigenvalue weighted by molar-refractivity contribution is 0.262. The zero-order chi connectivity index (χ0) is 21.1. The number of hydrogen-bond acceptors (Lipinski definition) is 7. The van der Waals surface area contributed by atoms with Gasteiger partial charge in [-0.15, -0.1) is 0 Å². The predicted octanol–water partition coefficient (Wildman–Crippen LogP) is 2.62. The Hall–Kier alpha value is -2.79. The predicted molar refractivity (Wildman–Crippen MR) is 106 cm³/mol. The fourth-order valence-electron chi connectivity index (χ4n) is 2.23. The molecule has 0 aromatic heterocycles. The van der Waals surface area contributed by atoms with Crippen molar-refractivity contribution in [3.8, 4) is 11.5 Å². The van der Waals surface area contributed by atoms with Crippen molar-refractivity contribution in [2.75, 3.05) is 23.1 Å². The third-order valence-corrected chi connectivity index (χ3v) is 4.21. The Labute approximate surface area is 163 Å². The minimum Gasteiger partial charge on any atom is -0.380 e. The van der Waals surface area contributed by atoms with Gasteiger partial charge in [0.05, 0.1) is 23.9 Å². The first-order valence-corrected chi connectivity index (χ1v) is 11.5. The molecule has 0 saturated carbocycles. The van der Waals surface area contributed by atoms with Crippen molar-refractivity contribution in [1.29, 1.82) is 0 Å². The van der Waals surface area contributed by atoms with Gasteiger partial charge in [0.15, 0.2) is 11.5 Å². The first-order valence-electron chi connectivity index (χ1n) is 7.90. The molecular formula is C17H20N2O7S2. The van der Waals surface area contributed by atoms with E-state index >= 15 is 0 Å². The van der Waals surface area contributed by atoms with Gasteiger partial charge in [0, 0.05) is 0 Å². The van der Waals surface area contributed by atoms with E-state index in [0.29, 0.717) is 0 Å². The Kier molecular flexibility index (Phi) is 6.20. The van der Waals surface area contributed by atoms with Crippen molar-refractivity contribution in [3.05, 3.63) is 47.5 Å². The van der Waals surface area contributed by atoms with E-state index in [9.17, 15) is 21.6 Å². The number of carbonyl (C=O) groups is 1. The summed E-state index contributed by atoms with van der Waals surface area (Å²) >= 11 is 0. The van der Waals surface area contributed by atoms with Crippen LogP contribution in [0.5, 0.6) is 11.5 Å². The standard InChI is InChI=1S/C17H20N2O7S2/c1-11-5-7-15(25-27(3,21)22)13(9-11)18-17(20)19-14-10-12(2)6-8-16(14)26-28(4,23)24/h5-10H,1-4H3,(H2,18,19,20). The quantitative estimate of drug-likeness (QED) is 0.677. The summed E-state index contributed by atoms with van der Waals surface area (Å²) in [7, 11) is -7.60. The number of benzene rings is 2. The van der Waals surface area contributed by atoms with E-state index in [1.807, 2.05) is 0 Å². The Bertz CT molecular complexity index is 1020. The summed E-state index contributed by atoms with van der Waals surface area (Å²) in [6, 6.07) is 8.40. The van der Waals surface area contributed by atoms with Gasteiger partial charge in [-0.05, 0) is 49.2 Å². The first-order chi connectivity index (χ1) is 12.8. The van der Waals surface area contributed by atoms with Gasteiger partial charge in [0.2, 0.25) is 0 Å². The molecule has 0 unspecified atom stereocenters. The van der Waals surface area contributed by atoms with Crippen molar-refractivity contribution in [3.63, 3.8) is 0 Å². The van der Waals surface area contributed by atoms with Crippen LogP contribution in [0.3, 0.4) is 0 Å². The van der Waals surface area contributed by atoms with Crippen LogP contribution in [0.25, 0.3) is 0 Å². The minimum absolute atomic E-state index is 0.0555. The van der Waals surface area contributed by atoms with Crippen molar-refractivity contribution in [2.45, 2.75) is 13.8 Å². The fourth-order valence-corrected chi connectivity index (χ4v) is 3.17. The molecule has 2 aromatic carbocycles. The molecule has 28 heavy (non-hydrogen) atoms. The number of carbonyl (C=O) groups excluding carboxylic acids is 1. The molecule has 0 fully saturated rings. The van der Waals surface area contributed by atoms with Crippen LogP contribution in [0.15, 0.2) is 36.4 Å². The molecule has 2 aromatic rings. The van der Waals surface area contributed by atoms with Crippen molar-refractivity contribution in [1.82, 2.24) is 0 Å². The molecular weight excluding hydrogens is 408 g/mol. The minimum atomic E-state index is -3.80. The molecule has 11 heteroatoms. The maximum absolute atomic E-state index is 12.4. The summed E-state index contributed by atoms with van der Waals surface area (Å²) in [6.07, 6.45) is 1.77. The van der Waals surface area contributed by atoms with Gasteiger partial charge in [0.25, 0.3) is 0 Å². The third-order valence-electron chi connectivity index (χ3n) is 3.25. The number of amides is 2. The average molecular weight is 428 g/mol. The molecule has 0 saturated heterocycles. The molecule has 0 aliphatic heterocycles. The van der Waals surface area contributed by atoms with E-state index in [0.717, 1.165) is 23.6 Å². The molecule has 2 N–H and O–H groups in total. The topological polar surface area (TPSA) is 128 Å². The second-order valence-electron chi connectivity index (χ2n) is 6.15. The normalized spacial score (nSPS) is 11.6. The van der Waals surface area contributed by atoms with Crippen LogP contribution in [0, 0.1) is 13.8 Å². The molecule has 0 atom stereocenters. The van der Waals surface area contributed by atoms with Crippen LogP contribution in [0.2, 0.25) is 0 Å². The second-order valence-corrected chi connectivity index (χ2v) is 9.30. The van der Waals surface area contributed by atoms with Crippen LogP contribution >= 0.6 is 0 Å². The highest BCUT2D eigenvalue weighted by Crippen LogP contribution is 2.29. The Balaban J connectivity index is 2.28. The molecule has 9 nitrogen and oxygen atoms in total. The summed E-state index contributed by atoms with van der Waals surface area (Å²) in [5.74, 6) is -0.111. The van der Waals surface area contributed by atoms with Crippen molar-refractivity contribution in [2.24, 2.45) is 0 Å². The molecule has 2 rings (SSSR count). The van der Waals surface area contributed by atoms with E-state index < -0.39 is 26.3 Å². The number of urea groups is 1. The molecule has 152 valence electrons. The van der Waals surface area contributed by atoms with Gasteiger partial charge in [-0.25, -0.2) is 4.79 Å². The number of rotatable bonds is 6. The highest BCUT2D eigenvalue weighted by molar-refractivity contribution is 7.86. The zero-order valence-electron chi connectivity index (χ0n) is 15.6. The third kappa shape index (κ3) is 6.74. The maximum Gasteiger partial charge on any atom is 0.323 e. The fraction of sp³-hybridized carbons (Fsp3) is 0.235. The number of nitrogens with one attached hydrogen (secondary N) is 2. The number of anilines is 2. The molecule has 0 spiro atoms. The van der Waals surface area contributed by atoms with Crippen LogP contribution in [0.4, 0.5) is 16.2 Å². The van der Waals surface area contributed by atoms with Gasteiger partial charge >= 0.3 is 26.3 Å². The van der Waals surface area contributed by atoms with E-state index in [1.165, 1.54) is 24.3 Å². The molecule has 0 bridgehead atoms. The van der Waals surface area contributed by atoms with E-state index in [1.54, 1.807) is 26.0 Å². The summed E-state index contributed by atoms with van der Waals surface area (Å²) in [5, 5.41) is 4.97. The Morgan fingerprint density at radius 3 is 1.43 bits per heavy atom. The van der Waals surface area contributed by atoms with E-state index in [-0.39, 0.29) is 22.9 Å². The van der Waals surface area contributed by atoms with Gasteiger partial charge < -0.3 is 19.0 Å². The van der Waals surface area contributed by atoms with E-state index in [2.05, 4.69) is 10.6 Å². The largest absolute Gasteiger partial charge is 0.380 e. The summed E-state index contributed by atoms with van der Waals surface area (Å²) < 4.78 is 55.4. The number of aryl methyl sites for hydroxylation is 2. The van der Waals surface area contributed by atoms with Crippen LogP contribution < -0.4 is 19.0 Å². The zero-order valence-corrected chi connectivity index (χ0v) is 17.3. The molecule has 2 amide bonds. The summed E-state index contributed by atoms with van der Waals surface area (Å²) in [5.41, 5.74) is 1.77. The maximum atomic E-state index is 12.4. The monoisotopic (exact) mass is 428 g/mol. The van der Waals surface area contributed by atoms with Crippen molar-refractivity contribution < 1.29 is 30.0 Å². The highest BCUT2D eigenvalue weighted by Gasteiger charge is 2.16. The van der Waals surface area contributed by atoms with Crippen LogP contribution in [-0.4, -0.2) is 35.4 Å². The summed E-state index contributed by atoms with van der Waals surface area (Å²) in [6.45, 7) is 3.51. The van der Waals surface area contributed by atoms with E-state index in [4.69, 9.17) is 8.37 Å². The average Bonchev–Trinajstić information content (AvgIpc) is 2.50. The highest BCUT2D eigenvalue weighted by atomic mass is 32.2. The SMILES string of the molecule is Cc1ccc(OS(C)(=O)=O)c(NC(=O)Nc2cc(C)ccc2OS(C)(=O)=O)c1. The van der Waals surface area contributed by atoms with Crippen molar-refractivity contribution >= 4 is 37.6 Å². The smallest absolute Gasteiger partial charge is 0.323 e. The second kappa shape index (κ2) is 8.07. The van der Waals surface area contributed by atoms with Crippen LogP contribution in [0.1, 0.15) is 11.1 Å². The lowest BCUT2D eigenvalue weighted by atomic mass is 10.2. The molecule has 0 heterocycles. The van der Waals surface area contributed by atoms with Gasteiger partial charge in [-0.1, -0.05) is 12.1 Å². The first kappa shape index (κ1) is 21.5. The molecule has 0 aliphatic rings. The Morgan fingerprint density at radius 2 is 1.11 bits per heavy atom. The molecule has 0 aliphatic carbocycles. The van der Waals surface area contributed by atoms with Gasteiger partial charge in [-0.2, -0.15) is 16.8 Å². The van der Waals surface area contributed by atoms with Gasteiger partial charge in [-0.3, -0.25) is 0 Å². The molecule has 0 radical (unpaired) electrons.